The number of carbonyl (C=O) groups is 1. The van der Waals surface area contributed by atoms with Crippen LogP contribution in [0, 0.1) is 5.92 Å². The molecule has 1 aliphatic rings. The van der Waals surface area contributed by atoms with Gasteiger partial charge in [-0.15, -0.1) is 0 Å². The number of carboxylic acids is 1. The Kier molecular flexibility index (Phi) is 5.28. The van der Waals surface area contributed by atoms with E-state index in [1.165, 1.54) is 6.07 Å². The molecule has 0 aromatic heterocycles. The van der Waals surface area contributed by atoms with Crippen molar-refractivity contribution in [1.82, 2.24) is 4.90 Å². The lowest BCUT2D eigenvalue weighted by Gasteiger charge is -2.19. The Balaban J connectivity index is 1.83. The van der Waals surface area contributed by atoms with Crippen molar-refractivity contribution >= 4 is 5.97 Å². The number of alkyl halides is 2. The minimum absolute atomic E-state index is 0.0512. The zero-order valence-corrected chi connectivity index (χ0v) is 13.5. The molecule has 2 aromatic rings. The molecule has 0 spiro atoms. The van der Waals surface area contributed by atoms with Crippen LogP contribution in [-0.2, 0) is 11.3 Å². The molecule has 0 saturated carbocycles. The molecular weight excluding hydrogens is 328 g/mol. The topological polar surface area (TPSA) is 49.8 Å². The lowest BCUT2D eigenvalue weighted by atomic mass is 9.88. The molecule has 1 saturated heterocycles. The quantitative estimate of drug-likeness (QED) is 0.868. The van der Waals surface area contributed by atoms with E-state index >= 15 is 0 Å². The highest BCUT2D eigenvalue weighted by Gasteiger charge is 2.39. The zero-order valence-electron chi connectivity index (χ0n) is 13.5. The van der Waals surface area contributed by atoms with Crippen molar-refractivity contribution in [2.45, 2.75) is 19.1 Å². The standard InChI is InChI=1S/C19H19F2NO3/c20-19(21)25-17-9-5-4-8-14(17)15-11-22(12-16(15)18(23)24)10-13-6-2-1-3-7-13/h1-9,15-16,19H,10-12H2,(H,23,24). The molecule has 1 N–H and O–H groups in total. The lowest BCUT2D eigenvalue weighted by Crippen LogP contribution is -2.23. The molecule has 0 aliphatic carbocycles. The molecule has 2 atom stereocenters. The number of aliphatic carboxylic acids is 1. The number of ether oxygens (including phenoxy) is 1. The molecule has 132 valence electrons. The van der Waals surface area contributed by atoms with E-state index in [4.69, 9.17) is 0 Å². The van der Waals surface area contributed by atoms with Crippen LogP contribution in [0.15, 0.2) is 54.6 Å². The average molecular weight is 347 g/mol. The molecule has 2 aromatic carbocycles. The van der Waals surface area contributed by atoms with Crippen LogP contribution in [0.3, 0.4) is 0 Å². The van der Waals surface area contributed by atoms with Crippen molar-refractivity contribution in [3.8, 4) is 5.75 Å². The molecule has 6 heteroatoms. The highest BCUT2D eigenvalue weighted by molar-refractivity contribution is 5.72. The second-order valence-electron chi connectivity index (χ2n) is 6.15. The lowest BCUT2D eigenvalue weighted by molar-refractivity contribution is -0.141. The molecule has 1 aliphatic heterocycles. The number of hydrogen-bond acceptors (Lipinski definition) is 3. The highest BCUT2D eigenvalue weighted by atomic mass is 19.3. The first-order valence-electron chi connectivity index (χ1n) is 8.07. The summed E-state index contributed by atoms with van der Waals surface area (Å²) in [5.74, 6) is -1.93. The van der Waals surface area contributed by atoms with E-state index in [-0.39, 0.29) is 5.75 Å². The fourth-order valence-corrected chi connectivity index (χ4v) is 3.41. The van der Waals surface area contributed by atoms with E-state index in [1.807, 2.05) is 35.2 Å². The van der Waals surface area contributed by atoms with Crippen LogP contribution in [0.4, 0.5) is 8.78 Å². The molecule has 1 heterocycles. The van der Waals surface area contributed by atoms with Crippen molar-refractivity contribution in [2.24, 2.45) is 5.92 Å². The summed E-state index contributed by atoms with van der Waals surface area (Å²) >= 11 is 0. The SMILES string of the molecule is O=C(O)C1CN(Cc2ccccc2)CC1c1ccccc1OC(F)F. The molecule has 0 bridgehead atoms. The Hall–Kier alpha value is -2.47. The highest BCUT2D eigenvalue weighted by Crippen LogP contribution is 2.38. The van der Waals surface area contributed by atoms with Gasteiger partial charge in [-0.05, 0) is 17.2 Å². The Morgan fingerprint density at radius 2 is 1.80 bits per heavy atom. The van der Waals surface area contributed by atoms with E-state index in [0.29, 0.717) is 25.2 Å². The van der Waals surface area contributed by atoms with Crippen LogP contribution in [-0.4, -0.2) is 35.7 Å². The predicted octanol–water partition coefficient (Wildman–Crippen LogP) is 3.59. The number of rotatable bonds is 6. The normalized spacial score (nSPS) is 20.8. The summed E-state index contributed by atoms with van der Waals surface area (Å²) in [5, 5.41) is 9.59. The van der Waals surface area contributed by atoms with Crippen LogP contribution < -0.4 is 4.74 Å². The predicted molar refractivity (Wildman–Crippen MR) is 88.7 cm³/mol. The number of carboxylic acid groups (broad SMARTS) is 1. The van der Waals surface area contributed by atoms with E-state index in [1.54, 1.807) is 18.2 Å². The van der Waals surface area contributed by atoms with Crippen LogP contribution >= 0.6 is 0 Å². The van der Waals surface area contributed by atoms with Gasteiger partial charge in [-0.3, -0.25) is 9.69 Å². The maximum absolute atomic E-state index is 12.7. The summed E-state index contributed by atoms with van der Waals surface area (Å²) in [5.41, 5.74) is 1.61. The summed E-state index contributed by atoms with van der Waals surface area (Å²) in [6.07, 6.45) is 0. The van der Waals surface area contributed by atoms with Gasteiger partial charge in [0.15, 0.2) is 0 Å². The fourth-order valence-electron chi connectivity index (χ4n) is 3.41. The van der Waals surface area contributed by atoms with Crippen LogP contribution in [0.25, 0.3) is 0 Å². The van der Waals surface area contributed by atoms with Gasteiger partial charge in [-0.25, -0.2) is 0 Å². The van der Waals surface area contributed by atoms with E-state index in [9.17, 15) is 18.7 Å². The molecule has 2 unspecified atom stereocenters. The van der Waals surface area contributed by atoms with E-state index in [0.717, 1.165) is 5.56 Å². The molecular formula is C19H19F2NO3. The van der Waals surface area contributed by atoms with Gasteiger partial charge in [0.2, 0.25) is 0 Å². The third-order valence-corrected chi connectivity index (χ3v) is 4.50. The number of likely N-dealkylation sites (tertiary alicyclic amines) is 1. The molecule has 0 amide bonds. The maximum atomic E-state index is 12.7. The molecule has 3 rings (SSSR count). The number of hydrogen-bond donors (Lipinski definition) is 1. The van der Waals surface area contributed by atoms with Crippen molar-refractivity contribution in [3.63, 3.8) is 0 Å². The fraction of sp³-hybridized carbons (Fsp3) is 0.316. The first kappa shape index (κ1) is 17.4. The number of halogens is 2. The molecule has 0 radical (unpaired) electrons. The Bertz CT molecular complexity index is 724. The van der Waals surface area contributed by atoms with Crippen molar-refractivity contribution in [1.29, 1.82) is 0 Å². The zero-order chi connectivity index (χ0) is 17.8. The summed E-state index contributed by atoms with van der Waals surface area (Å²) in [7, 11) is 0. The summed E-state index contributed by atoms with van der Waals surface area (Å²) in [6, 6.07) is 16.2. The maximum Gasteiger partial charge on any atom is 0.387 e. The van der Waals surface area contributed by atoms with Gasteiger partial charge in [0.25, 0.3) is 0 Å². The van der Waals surface area contributed by atoms with E-state index in [2.05, 4.69) is 4.74 Å². The monoisotopic (exact) mass is 347 g/mol. The van der Waals surface area contributed by atoms with Crippen molar-refractivity contribution in [3.05, 3.63) is 65.7 Å². The van der Waals surface area contributed by atoms with Gasteiger partial charge in [-0.1, -0.05) is 48.5 Å². The van der Waals surface area contributed by atoms with Crippen LogP contribution in [0.5, 0.6) is 5.75 Å². The van der Waals surface area contributed by atoms with Crippen LogP contribution in [0.1, 0.15) is 17.0 Å². The second kappa shape index (κ2) is 7.61. The van der Waals surface area contributed by atoms with Gasteiger partial charge >= 0.3 is 12.6 Å². The average Bonchev–Trinajstić information content (AvgIpc) is 2.99. The Morgan fingerprint density at radius 1 is 1.12 bits per heavy atom. The molecule has 4 nitrogen and oxygen atoms in total. The van der Waals surface area contributed by atoms with Gasteiger partial charge in [0.1, 0.15) is 5.75 Å². The third-order valence-electron chi connectivity index (χ3n) is 4.50. The van der Waals surface area contributed by atoms with Crippen molar-refractivity contribution < 1.29 is 23.4 Å². The minimum atomic E-state index is -2.94. The van der Waals surface area contributed by atoms with Gasteiger partial charge in [0.05, 0.1) is 5.92 Å². The van der Waals surface area contributed by atoms with Crippen LogP contribution in [0.2, 0.25) is 0 Å². The molecule has 25 heavy (non-hydrogen) atoms. The van der Waals surface area contributed by atoms with Gasteiger partial charge in [0, 0.05) is 25.6 Å². The first-order valence-corrected chi connectivity index (χ1v) is 8.07. The Morgan fingerprint density at radius 3 is 2.48 bits per heavy atom. The largest absolute Gasteiger partial charge is 0.481 e. The summed E-state index contributed by atoms with van der Waals surface area (Å²) in [4.78, 5) is 13.7. The second-order valence-corrected chi connectivity index (χ2v) is 6.15. The van der Waals surface area contributed by atoms with Gasteiger partial charge < -0.3 is 9.84 Å². The van der Waals surface area contributed by atoms with E-state index < -0.39 is 24.4 Å². The summed E-state index contributed by atoms with van der Waals surface area (Å²) in [6.45, 7) is -1.46. The first-order chi connectivity index (χ1) is 12.0. The van der Waals surface area contributed by atoms with Gasteiger partial charge in [-0.2, -0.15) is 8.78 Å². The number of nitrogens with zero attached hydrogens (tertiary/aromatic N) is 1. The summed E-state index contributed by atoms with van der Waals surface area (Å²) < 4.78 is 29.9. The van der Waals surface area contributed by atoms with Crippen molar-refractivity contribution in [2.75, 3.05) is 13.1 Å². The number of para-hydroxylation sites is 1. The molecule has 1 fully saturated rings. The smallest absolute Gasteiger partial charge is 0.387 e. The number of benzene rings is 2. The third kappa shape index (κ3) is 4.14. The minimum Gasteiger partial charge on any atom is -0.481 e. The Labute approximate surface area is 144 Å².